The van der Waals surface area contributed by atoms with Gasteiger partial charge in [0.1, 0.15) is 0 Å². The highest BCUT2D eigenvalue weighted by molar-refractivity contribution is 7.80. The number of nitrogens with zero attached hydrogens (tertiary/aromatic N) is 1. The third-order valence-electron chi connectivity index (χ3n) is 3.39. The van der Waals surface area contributed by atoms with Gasteiger partial charge in [-0.05, 0) is 29.9 Å². The molecule has 3 rings (SSSR count). The summed E-state index contributed by atoms with van der Waals surface area (Å²) in [6.07, 6.45) is 3.65. The van der Waals surface area contributed by atoms with E-state index < -0.39 is 0 Å². The predicted molar refractivity (Wildman–Crippen MR) is 99.9 cm³/mol. The molecule has 0 amide bonds. The van der Waals surface area contributed by atoms with Gasteiger partial charge in [-0.3, -0.25) is 5.43 Å². The molecule has 4 nitrogen and oxygen atoms in total. The first-order chi connectivity index (χ1) is 11.2. The van der Waals surface area contributed by atoms with E-state index in [1.165, 1.54) is 0 Å². The van der Waals surface area contributed by atoms with Crippen LogP contribution in [0.2, 0.25) is 5.02 Å². The molecule has 0 spiro atoms. The summed E-state index contributed by atoms with van der Waals surface area (Å²) in [7, 11) is 0. The SMILES string of the molecule is S=C(NCc1ccccc1Cl)N/N=C\c1c[nH]c2ccccc12. The molecular weight excluding hydrogens is 328 g/mol. The van der Waals surface area contributed by atoms with Gasteiger partial charge in [-0.15, -0.1) is 0 Å². The molecule has 0 saturated heterocycles. The summed E-state index contributed by atoms with van der Waals surface area (Å²) in [5.74, 6) is 0. The van der Waals surface area contributed by atoms with Gasteiger partial charge in [0.15, 0.2) is 5.11 Å². The van der Waals surface area contributed by atoms with Gasteiger partial charge in [-0.1, -0.05) is 48.0 Å². The maximum atomic E-state index is 6.10. The quantitative estimate of drug-likeness (QED) is 0.384. The Morgan fingerprint density at radius 1 is 1.17 bits per heavy atom. The summed E-state index contributed by atoms with van der Waals surface area (Å²) in [5.41, 5.74) is 5.87. The average Bonchev–Trinajstić information content (AvgIpc) is 2.98. The van der Waals surface area contributed by atoms with Crippen LogP contribution in [0.1, 0.15) is 11.1 Å². The first-order valence-corrected chi connectivity index (χ1v) is 7.89. The van der Waals surface area contributed by atoms with Crippen LogP contribution < -0.4 is 10.7 Å². The average molecular weight is 343 g/mol. The number of thiocarbonyl (C=S) groups is 1. The van der Waals surface area contributed by atoms with E-state index in [0.717, 1.165) is 22.0 Å². The number of hydrogen-bond donors (Lipinski definition) is 3. The summed E-state index contributed by atoms with van der Waals surface area (Å²) in [6, 6.07) is 15.7. The maximum Gasteiger partial charge on any atom is 0.187 e. The Morgan fingerprint density at radius 2 is 1.96 bits per heavy atom. The number of fused-ring (bicyclic) bond motifs is 1. The number of para-hydroxylation sites is 1. The van der Waals surface area contributed by atoms with E-state index in [0.29, 0.717) is 16.7 Å². The van der Waals surface area contributed by atoms with Crippen molar-refractivity contribution in [3.05, 3.63) is 70.9 Å². The van der Waals surface area contributed by atoms with Crippen molar-refractivity contribution in [2.24, 2.45) is 5.10 Å². The van der Waals surface area contributed by atoms with Gasteiger partial charge < -0.3 is 10.3 Å². The smallest absolute Gasteiger partial charge is 0.187 e. The molecule has 0 bridgehead atoms. The van der Waals surface area contributed by atoms with Crippen LogP contribution in [0.25, 0.3) is 10.9 Å². The Morgan fingerprint density at radius 3 is 2.83 bits per heavy atom. The molecule has 0 radical (unpaired) electrons. The molecule has 0 aliphatic carbocycles. The third kappa shape index (κ3) is 3.88. The van der Waals surface area contributed by atoms with Gasteiger partial charge in [0, 0.05) is 34.2 Å². The standard InChI is InChI=1S/C17H15ClN4S/c18-15-7-3-1-5-12(15)9-20-17(23)22-21-11-13-10-19-16-8-4-2-6-14(13)16/h1-8,10-11,19H,9H2,(H2,20,22,23)/b21-11-. The van der Waals surface area contributed by atoms with Crippen molar-refractivity contribution in [1.29, 1.82) is 0 Å². The molecule has 1 aromatic heterocycles. The normalized spacial score (nSPS) is 11.0. The molecule has 0 unspecified atom stereocenters. The fourth-order valence-corrected chi connectivity index (χ4v) is 2.55. The van der Waals surface area contributed by atoms with Crippen LogP contribution in [0.4, 0.5) is 0 Å². The molecule has 3 aromatic rings. The zero-order chi connectivity index (χ0) is 16.1. The molecule has 0 fully saturated rings. The number of hydrogen-bond acceptors (Lipinski definition) is 2. The summed E-state index contributed by atoms with van der Waals surface area (Å²) in [6.45, 7) is 0.550. The summed E-state index contributed by atoms with van der Waals surface area (Å²) in [5, 5.41) is 9.52. The van der Waals surface area contributed by atoms with E-state index >= 15 is 0 Å². The second kappa shape index (κ2) is 7.26. The first kappa shape index (κ1) is 15.5. The lowest BCUT2D eigenvalue weighted by Gasteiger charge is -2.08. The molecular formula is C17H15ClN4S. The Bertz CT molecular complexity index is 856. The van der Waals surface area contributed by atoms with Gasteiger partial charge in [-0.2, -0.15) is 5.10 Å². The fourth-order valence-electron chi connectivity index (χ4n) is 2.22. The highest BCUT2D eigenvalue weighted by Gasteiger charge is 2.01. The minimum Gasteiger partial charge on any atom is -0.361 e. The number of aromatic amines is 1. The lowest BCUT2D eigenvalue weighted by atomic mass is 10.2. The number of rotatable bonds is 4. The zero-order valence-corrected chi connectivity index (χ0v) is 13.8. The van der Waals surface area contributed by atoms with Crippen LogP contribution in [-0.2, 0) is 6.54 Å². The lowest BCUT2D eigenvalue weighted by Crippen LogP contribution is -2.31. The van der Waals surface area contributed by atoms with Crippen LogP contribution >= 0.6 is 23.8 Å². The predicted octanol–water partition coefficient (Wildman–Crippen LogP) is 3.82. The van der Waals surface area contributed by atoms with E-state index in [4.69, 9.17) is 23.8 Å². The topological polar surface area (TPSA) is 52.2 Å². The number of hydrazone groups is 1. The van der Waals surface area contributed by atoms with Crippen LogP contribution in [0.15, 0.2) is 59.8 Å². The zero-order valence-electron chi connectivity index (χ0n) is 12.2. The number of benzene rings is 2. The Hall–Kier alpha value is -2.37. The van der Waals surface area contributed by atoms with E-state index in [-0.39, 0.29) is 0 Å². The highest BCUT2D eigenvalue weighted by atomic mass is 35.5. The van der Waals surface area contributed by atoms with Gasteiger partial charge >= 0.3 is 0 Å². The molecule has 0 atom stereocenters. The number of nitrogens with one attached hydrogen (secondary N) is 3. The molecule has 0 aliphatic rings. The van der Waals surface area contributed by atoms with E-state index in [2.05, 4.69) is 20.8 Å². The van der Waals surface area contributed by atoms with Crippen LogP contribution in [0.5, 0.6) is 0 Å². The molecule has 116 valence electrons. The maximum absolute atomic E-state index is 6.10. The van der Waals surface area contributed by atoms with Gasteiger partial charge in [-0.25, -0.2) is 0 Å². The van der Waals surface area contributed by atoms with Gasteiger partial charge in [0.2, 0.25) is 0 Å². The summed E-state index contributed by atoms with van der Waals surface area (Å²) < 4.78 is 0. The Balaban J connectivity index is 1.55. The number of H-pyrrole nitrogens is 1. The molecule has 6 heteroatoms. The molecule has 0 saturated carbocycles. The lowest BCUT2D eigenvalue weighted by molar-refractivity contribution is 0.869. The second-order valence-corrected chi connectivity index (χ2v) is 5.75. The van der Waals surface area contributed by atoms with Crippen molar-refractivity contribution in [2.45, 2.75) is 6.54 Å². The third-order valence-corrected chi connectivity index (χ3v) is 3.99. The Kier molecular flexibility index (Phi) is 4.90. The monoisotopic (exact) mass is 342 g/mol. The fraction of sp³-hybridized carbons (Fsp3) is 0.0588. The van der Waals surface area contributed by atoms with Crippen molar-refractivity contribution in [1.82, 2.24) is 15.7 Å². The molecule has 3 N–H and O–H groups in total. The molecule has 23 heavy (non-hydrogen) atoms. The highest BCUT2D eigenvalue weighted by Crippen LogP contribution is 2.15. The molecule has 1 heterocycles. The van der Waals surface area contributed by atoms with Gasteiger partial charge in [0.05, 0.1) is 6.21 Å². The van der Waals surface area contributed by atoms with Crippen LogP contribution in [-0.4, -0.2) is 16.3 Å². The second-order valence-electron chi connectivity index (χ2n) is 4.93. The van der Waals surface area contributed by atoms with Crippen LogP contribution in [0, 0.1) is 0 Å². The first-order valence-electron chi connectivity index (χ1n) is 7.10. The summed E-state index contributed by atoms with van der Waals surface area (Å²) in [4.78, 5) is 3.20. The van der Waals surface area contributed by atoms with Crippen molar-refractivity contribution in [2.75, 3.05) is 0 Å². The largest absolute Gasteiger partial charge is 0.361 e. The summed E-state index contributed by atoms with van der Waals surface area (Å²) >= 11 is 11.3. The number of aromatic nitrogens is 1. The van der Waals surface area contributed by atoms with Crippen LogP contribution in [0.3, 0.4) is 0 Å². The van der Waals surface area contributed by atoms with Crippen molar-refractivity contribution >= 4 is 46.0 Å². The van der Waals surface area contributed by atoms with Crippen molar-refractivity contribution < 1.29 is 0 Å². The van der Waals surface area contributed by atoms with E-state index in [9.17, 15) is 0 Å². The minimum absolute atomic E-state index is 0.445. The Labute approximate surface area is 144 Å². The molecule has 0 aliphatic heterocycles. The van der Waals surface area contributed by atoms with Crippen molar-refractivity contribution in [3.8, 4) is 0 Å². The van der Waals surface area contributed by atoms with Gasteiger partial charge in [0.25, 0.3) is 0 Å². The van der Waals surface area contributed by atoms with E-state index in [1.54, 1.807) is 6.21 Å². The van der Waals surface area contributed by atoms with E-state index in [1.807, 2.05) is 54.7 Å². The van der Waals surface area contributed by atoms with Crippen molar-refractivity contribution in [3.63, 3.8) is 0 Å². The number of halogens is 1. The minimum atomic E-state index is 0.445. The molecule has 2 aromatic carbocycles.